The van der Waals surface area contributed by atoms with Crippen LogP contribution in [0.15, 0.2) is 36.7 Å². The van der Waals surface area contributed by atoms with Crippen LogP contribution in [0.2, 0.25) is 0 Å². The Balaban J connectivity index is 1.45. The quantitative estimate of drug-likeness (QED) is 0.515. The zero-order valence-corrected chi connectivity index (χ0v) is 19.0. The molecule has 0 N–H and O–H groups in total. The van der Waals surface area contributed by atoms with E-state index in [-0.39, 0.29) is 34.3 Å². The number of carbonyl (C=O) groups excluding carboxylic acids is 1. The number of carbonyl (C=O) groups is 1. The first-order chi connectivity index (χ1) is 16.3. The molecule has 2 fully saturated rings. The van der Waals surface area contributed by atoms with Crippen LogP contribution in [0.1, 0.15) is 66.5 Å². The third-order valence-electron chi connectivity index (χ3n) is 8.14. The second kappa shape index (κ2) is 7.43. The fourth-order valence-electron chi connectivity index (χ4n) is 6.23. The molecule has 0 spiro atoms. The molecule has 174 valence electrons. The Kier molecular flexibility index (Phi) is 4.68. The maximum atomic E-state index is 14.4. The highest BCUT2D eigenvalue weighted by Gasteiger charge is 2.65. The zero-order valence-electron chi connectivity index (χ0n) is 19.0. The molecule has 1 aliphatic heterocycles. The summed E-state index contributed by atoms with van der Waals surface area (Å²) >= 11 is 0. The van der Waals surface area contributed by atoms with Crippen molar-refractivity contribution < 1.29 is 18.3 Å². The van der Waals surface area contributed by atoms with E-state index in [1.807, 2.05) is 0 Å². The van der Waals surface area contributed by atoms with E-state index < -0.39 is 17.0 Å². The number of rotatable bonds is 5. The molecule has 3 aromatic rings. The number of Topliss-reactive ketones (excluding diaryl/α,β-unsaturated/α-hetero) is 1. The number of ketones is 1. The molecule has 0 unspecified atom stereocenters. The third-order valence-corrected chi connectivity index (χ3v) is 8.14. The Morgan fingerprint density at radius 2 is 1.91 bits per heavy atom. The monoisotopic (exact) mass is 462 g/mol. The number of nitrogens with zero attached hydrogens (tertiary/aromatic N) is 4. The van der Waals surface area contributed by atoms with Gasteiger partial charge in [0.25, 0.3) is 0 Å². The van der Waals surface area contributed by atoms with E-state index in [4.69, 9.17) is 9.72 Å². The lowest BCUT2D eigenvalue weighted by Crippen LogP contribution is -2.38. The van der Waals surface area contributed by atoms with Gasteiger partial charge >= 0.3 is 0 Å². The van der Waals surface area contributed by atoms with Gasteiger partial charge in [-0.3, -0.25) is 9.78 Å². The summed E-state index contributed by atoms with van der Waals surface area (Å²) in [6.07, 6.45) is 5.30. The van der Waals surface area contributed by atoms with Gasteiger partial charge in [-0.15, -0.1) is 5.10 Å². The molecule has 34 heavy (non-hydrogen) atoms. The summed E-state index contributed by atoms with van der Waals surface area (Å²) in [7, 11) is 0. The lowest BCUT2D eigenvalue weighted by atomic mass is 9.66. The number of hydrogen-bond acceptors (Lipinski definition) is 6. The summed E-state index contributed by atoms with van der Waals surface area (Å²) in [5.41, 5.74) is 1.92. The molecule has 2 atom stereocenters. The summed E-state index contributed by atoms with van der Waals surface area (Å²) in [6.45, 7) is 5.53. The predicted octanol–water partition coefficient (Wildman–Crippen LogP) is 4.63. The van der Waals surface area contributed by atoms with Gasteiger partial charge in [-0.05, 0) is 47.9 Å². The fourth-order valence-corrected chi connectivity index (χ4v) is 6.23. The van der Waals surface area contributed by atoms with Crippen molar-refractivity contribution in [1.82, 2.24) is 20.2 Å². The first-order valence-corrected chi connectivity index (χ1v) is 11.6. The molecular formula is C26H24F2N4O2. The van der Waals surface area contributed by atoms with Crippen molar-refractivity contribution in [3.63, 3.8) is 0 Å². The minimum absolute atomic E-state index is 0.0407. The van der Waals surface area contributed by atoms with Crippen molar-refractivity contribution in [2.75, 3.05) is 13.2 Å². The van der Waals surface area contributed by atoms with Gasteiger partial charge in [0.15, 0.2) is 5.78 Å². The Labute approximate surface area is 195 Å². The molecule has 0 radical (unpaired) electrons. The Bertz CT molecular complexity index is 1300. The molecule has 6 nitrogen and oxygen atoms in total. The van der Waals surface area contributed by atoms with Crippen molar-refractivity contribution in [2.45, 2.75) is 44.4 Å². The van der Waals surface area contributed by atoms with Crippen LogP contribution in [0.3, 0.4) is 0 Å². The van der Waals surface area contributed by atoms with E-state index in [9.17, 15) is 13.6 Å². The molecule has 2 aromatic heterocycles. The van der Waals surface area contributed by atoms with E-state index in [0.29, 0.717) is 31.0 Å². The number of fused-ring (bicyclic) bond motifs is 5. The summed E-state index contributed by atoms with van der Waals surface area (Å²) in [4.78, 5) is 22.0. The maximum Gasteiger partial charge on any atom is 0.183 e. The smallest absolute Gasteiger partial charge is 0.183 e. The normalized spacial score (nSPS) is 24.6. The van der Waals surface area contributed by atoms with Gasteiger partial charge in [-0.1, -0.05) is 19.9 Å². The third kappa shape index (κ3) is 2.84. The Morgan fingerprint density at radius 3 is 2.62 bits per heavy atom. The zero-order chi connectivity index (χ0) is 23.7. The summed E-state index contributed by atoms with van der Waals surface area (Å²) in [5, 5.41) is 8.79. The highest BCUT2D eigenvalue weighted by atomic mass is 19.1. The minimum atomic E-state index is -0.666. The van der Waals surface area contributed by atoms with E-state index in [1.54, 1.807) is 12.3 Å². The van der Waals surface area contributed by atoms with E-state index in [2.05, 4.69) is 29.0 Å². The lowest BCUT2D eigenvalue weighted by molar-refractivity contribution is -0.0322. The molecule has 1 saturated carbocycles. The highest BCUT2D eigenvalue weighted by Crippen LogP contribution is 2.69. The Hall–Kier alpha value is -3.13. The predicted molar refractivity (Wildman–Crippen MR) is 119 cm³/mol. The summed E-state index contributed by atoms with van der Waals surface area (Å²) in [5.74, 6) is -1.01. The van der Waals surface area contributed by atoms with Gasteiger partial charge in [-0.25, -0.2) is 13.8 Å². The van der Waals surface area contributed by atoms with Crippen LogP contribution >= 0.6 is 0 Å². The largest absolute Gasteiger partial charge is 0.381 e. The van der Waals surface area contributed by atoms with Gasteiger partial charge in [0.05, 0.1) is 47.5 Å². The standard InChI is InChI=1S/C26H24F2N4O2/c1-25(2)16-6-7-26(25,22-11-29-10-20(30-22)21(33)8-14-12-34-13-14)24-15(16)9-19(31-32-24)23-17(27)4-3-5-18(23)28/h3-5,9-11,14,16H,6-8,12-13H2,1-2H3/t16-,26-/m0/s1. The lowest BCUT2D eigenvalue weighted by Gasteiger charge is -2.37. The van der Waals surface area contributed by atoms with Crippen molar-refractivity contribution in [2.24, 2.45) is 11.3 Å². The second-order valence-corrected chi connectivity index (χ2v) is 10.2. The van der Waals surface area contributed by atoms with Gasteiger partial charge in [0.2, 0.25) is 0 Å². The van der Waals surface area contributed by atoms with Crippen LogP contribution in [-0.4, -0.2) is 39.2 Å². The van der Waals surface area contributed by atoms with Crippen LogP contribution < -0.4 is 0 Å². The maximum absolute atomic E-state index is 14.4. The number of halogens is 2. The Morgan fingerprint density at radius 1 is 1.15 bits per heavy atom. The van der Waals surface area contributed by atoms with Crippen LogP contribution in [0.4, 0.5) is 8.78 Å². The SMILES string of the molecule is CC1(C)[C@H]2CC[C@]1(c1cncc(C(=O)CC3COC3)n1)c1nnc(-c3c(F)cccc3F)cc12. The number of ether oxygens (including phenoxy) is 1. The van der Waals surface area contributed by atoms with Gasteiger partial charge in [-0.2, -0.15) is 5.10 Å². The van der Waals surface area contributed by atoms with Crippen molar-refractivity contribution in [3.05, 3.63) is 70.9 Å². The van der Waals surface area contributed by atoms with Crippen LogP contribution in [0.5, 0.6) is 0 Å². The molecule has 3 heterocycles. The molecule has 8 heteroatoms. The summed E-state index contributed by atoms with van der Waals surface area (Å²) in [6, 6.07) is 5.55. The molecule has 2 aliphatic carbocycles. The average Bonchev–Trinajstić information content (AvgIpc) is 3.17. The van der Waals surface area contributed by atoms with Gasteiger partial charge in [0, 0.05) is 18.5 Å². The van der Waals surface area contributed by atoms with Crippen molar-refractivity contribution in [3.8, 4) is 11.3 Å². The molecule has 1 aromatic carbocycles. The highest BCUT2D eigenvalue weighted by molar-refractivity contribution is 5.94. The topological polar surface area (TPSA) is 77.9 Å². The second-order valence-electron chi connectivity index (χ2n) is 10.2. The first kappa shape index (κ1) is 21.4. The average molecular weight is 463 g/mol. The molecule has 3 aliphatic rings. The molecule has 2 bridgehead atoms. The molecule has 0 amide bonds. The molecule has 1 saturated heterocycles. The van der Waals surface area contributed by atoms with Gasteiger partial charge in [0.1, 0.15) is 17.3 Å². The number of aromatic nitrogens is 4. The van der Waals surface area contributed by atoms with Crippen molar-refractivity contribution >= 4 is 5.78 Å². The van der Waals surface area contributed by atoms with E-state index in [1.165, 1.54) is 24.4 Å². The fraction of sp³-hybridized carbons (Fsp3) is 0.423. The van der Waals surface area contributed by atoms with Crippen molar-refractivity contribution in [1.29, 1.82) is 0 Å². The summed E-state index contributed by atoms with van der Waals surface area (Å²) < 4.78 is 34.1. The van der Waals surface area contributed by atoms with E-state index >= 15 is 0 Å². The van der Waals surface area contributed by atoms with Crippen LogP contribution in [0.25, 0.3) is 11.3 Å². The van der Waals surface area contributed by atoms with Crippen LogP contribution in [0, 0.1) is 23.0 Å². The minimum Gasteiger partial charge on any atom is -0.381 e. The first-order valence-electron chi connectivity index (χ1n) is 11.6. The van der Waals surface area contributed by atoms with Gasteiger partial charge < -0.3 is 4.74 Å². The number of benzene rings is 1. The molecular weight excluding hydrogens is 438 g/mol. The van der Waals surface area contributed by atoms with E-state index in [0.717, 1.165) is 24.1 Å². The molecule has 6 rings (SSSR count). The van der Waals surface area contributed by atoms with Crippen LogP contribution in [-0.2, 0) is 10.2 Å². The number of hydrogen-bond donors (Lipinski definition) is 0.